The maximum Gasteiger partial charge on any atom is 0.261 e. The third kappa shape index (κ3) is 2.58. The monoisotopic (exact) mass is 260 g/mol. The van der Waals surface area contributed by atoms with Crippen LogP contribution in [0.1, 0.15) is 37.5 Å². The largest absolute Gasteiger partial charge is 0.261 e. The number of halogens is 1. The van der Waals surface area contributed by atoms with Crippen molar-refractivity contribution >= 4 is 19.7 Å². The summed E-state index contributed by atoms with van der Waals surface area (Å²) in [5.74, 6) is 0. The molecule has 0 unspecified atom stereocenters. The predicted octanol–water partition coefficient (Wildman–Crippen LogP) is 3.53. The van der Waals surface area contributed by atoms with Crippen LogP contribution in [0.5, 0.6) is 0 Å². The highest BCUT2D eigenvalue weighted by Gasteiger charge is 2.21. The Morgan fingerprint density at radius 1 is 1.06 bits per heavy atom. The third-order valence-corrected chi connectivity index (χ3v) is 4.27. The van der Waals surface area contributed by atoms with Gasteiger partial charge in [-0.05, 0) is 42.0 Å². The summed E-state index contributed by atoms with van der Waals surface area (Å²) in [5, 5.41) is 0. The second-order valence-electron chi connectivity index (χ2n) is 5.05. The van der Waals surface area contributed by atoms with Gasteiger partial charge in [0.05, 0.1) is 4.90 Å². The first kappa shape index (κ1) is 13.5. The Morgan fingerprint density at radius 3 is 1.94 bits per heavy atom. The Balaban J connectivity index is 3.54. The van der Waals surface area contributed by atoms with Gasteiger partial charge in [-0.2, -0.15) is 0 Å². The van der Waals surface area contributed by atoms with Crippen molar-refractivity contribution in [3.8, 4) is 0 Å². The highest BCUT2D eigenvalue weighted by Crippen LogP contribution is 2.31. The van der Waals surface area contributed by atoms with Crippen LogP contribution >= 0.6 is 10.7 Å². The van der Waals surface area contributed by atoms with Crippen LogP contribution < -0.4 is 0 Å². The standard InChI is InChI=1S/C12H17ClO2S/c1-8-9(2)11(16(13,14)15)7-6-10(8)12(3,4)5/h6-7H,1-5H3. The average molecular weight is 261 g/mol. The van der Waals surface area contributed by atoms with Crippen LogP contribution in [0.3, 0.4) is 0 Å². The summed E-state index contributed by atoms with van der Waals surface area (Å²) in [4.78, 5) is 0.208. The second-order valence-corrected chi connectivity index (χ2v) is 7.58. The summed E-state index contributed by atoms with van der Waals surface area (Å²) in [5.41, 5.74) is 2.88. The fraction of sp³-hybridized carbons (Fsp3) is 0.500. The summed E-state index contributed by atoms with van der Waals surface area (Å²) in [6.45, 7) is 10.0. The quantitative estimate of drug-likeness (QED) is 0.724. The molecule has 0 spiro atoms. The van der Waals surface area contributed by atoms with Crippen molar-refractivity contribution in [2.45, 2.75) is 44.9 Å². The third-order valence-electron chi connectivity index (χ3n) is 2.81. The Kier molecular flexibility index (Phi) is 3.42. The lowest BCUT2D eigenvalue weighted by Crippen LogP contribution is -2.14. The molecule has 1 aromatic rings. The zero-order valence-electron chi connectivity index (χ0n) is 10.3. The van der Waals surface area contributed by atoms with E-state index >= 15 is 0 Å². The maximum atomic E-state index is 11.3. The molecule has 1 rings (SSSR count). The van der Waals surface area contributed by atoms with E-state index < -0.39 is 9.05 Å². The first-order valence-electron chi connectivity index (χ1n) is 5.10. The van der Waals surface area contributed by atoms with Gasteiger partial charge in [0.2, 0.25) is 0 Å². The number of hydrogen-bond acceptors (Lipinski definition) is 2. The lowest BCUT2D eigenvalue weighted by Gasteiger charge is -2.23. The van der Waals surface area contributed by atoms with Gasteiger partial charge in [0.25, 0.3) is 9.05 Å². The topological polar surface area (TPSA) is 34.1 Å². The summed E-state index contributed by atoms with van der Waals surface area (Å²) in [7, 11) is 1.73. The predicted molar refractivity (Wildman–Crippen MR) is 67.7 cm³/mol. The summed E-state index contributed by atoms with van der Waals surface area (Å²) in [6, 6.07) is 3.43. The average Bonchev–Trinajstić information content (AvgIpc) is 2.05. The second kappa shape index (κ2) is 4.04. The normalized spacial score (nSPS) is 12.9. The minimum Gasteiger partial charge on any atom is -0.207 e. The molecule has 0 heterocycles. The van der Waals surface area contributed by atoms with Crippen LogP contribution in [0.15, 0.2) is 17.0 Å². The van der Waals surface area contributed by atoms with Crippen molar-refractivity contribution in [2.24, 2.45) is 0 Å². The van der Waals surface area contributed by atoms with Crippen LogP contribution in [-0.4, -0.2) is 8.42 Å². The zero-order valence-corrected chi connectivity index (χ0v) is 11.8. The fourth-order valence-electron chi connectivity index (χ4n) is 1.87. The molecule has 0 aliphatic heterocycles. The molecule has 2 nitrogen and oxygen atoms in total. The molecule has 0 N–H and O–H groups in total. The minimum absolute atomic E-state index is 0.00342. The first-order chi connectivity index (χ1) is 7.05. The minimum atomic E-state index is -3.65. The van der Waals surface area contributed by atoms with Gasteiger partial charge in [-0.3, -0.25) is 0 Å². The summed E-state index contributed by atoms with van der Waals surface area (Å²) in [6.07, 6.45) is 0. The van der Waals surface area contributed by atoms with E-state index in [-0.39, 0.29) is 10.3 Å². The van der Waals surface area contributed by atoms with Gasteiger partial charge in [0.1, 0.15) is 0 Å². The van der Waals surface area contributed by atoms with Crippen molar-refractivity contribution in [2.75, 3.05) is 0 Å². The summed E-state index contributed by atoms with van der Waals surface area (Å²) >= 11 is 0. The molecule has 0 atom stereocenters. The van der Waals surface area contributed by atoms with E-state index in [2.05, 4.69) is 20.8 Å². The highest BCUT2D eigenvalue weighted by atomic mass is 35.7. The molecule has 0 saturated heterocycles. The Labute approximate surface area is 102 Å². The van der Waals surface area contributed by atoms with Crippen molar-refractivity contribution < 1.29 is 8.42 Å². The van der Waals surface area contributed by atoms with Crippen LogP contribution in [0.2, 0.25) is 0 Å². The maximum absolute atomic E-state index is 11.3. The molecule has 0 radical (unpaired) electrons. The van der Waals surface area contributed by atoms with E-state index in [0.29, 0.717) is 0 Å². The molecule has 0 bridgehead atoms. The summed E-state index contributed by atoms with van der Waals surface area (Å²) < 4.78 is 22.7. The van der Waals surface area contributed by atoms with E-state index in [1.165, 1.54) is 0 Å². The van der Waals surface area contributed by atoms with Gasteiger partial charge in [-0.25, -0.2) is 8.42 Å². The number of benzene rings is 1. The molecule has 0 fully saturated rings. The van der Waals surface area contributed by atoms with Crippen LogP contribution in [0.25, 0.3) is 0 Å². The molecule has 1 aromatic carbocycles. The van der Waals surface area contributed by atoms with E-state index in [4.69, 9.17) is 10.7 Å². The van der Waals surface area contributed by atoms with Gasteiger partial charge in [0, 0.05) is 10.7 Å². The lowest BCUT2D eigenvalue weighted by molar-refractivity contribution is 0.583. The molecular weight excluding hydrogens is 244 g/mol. The molecule has 0 amide bonds. The Bertz CT molecular complexity index is 511. The molecule has 90 valence electrons. The smallest absolute Gasteiger partial charge is 0.207 e. The van der Waals surface area contributed by atoms with Crippen molar-refractivity contribution in [1.82, 2.24) is 0 Å². The lowest BCUT2D eigenvalue weighted by atomic mass is 9.83. The van der Waals surface area contributed by atoms with Gasteiger partial charge in [-0.15, -0.1) is 0 Å². The van der Waals surface area contributed by atoms with E-state index in [9.17, 15) is 8.42 Å². The SMILES string of the molecule is Cc1c(C(C)(C)C)ccc(S(=O)(=O)Cl)c1C. The molecular formula is C12H17ClO2S. The number of hydrogen-bond donors (Lipinski definition) is 0. The van der Waals surface area contributed by atoms with Crippen molar-refractivity contribution in [3.05, 3.63) is 28.8 Å². The van der Waals surface area contributed by atoms with Crippen molar-refractivity contribution in [3.63, 3.8) is 0 Å². The van der Waals surface area contributed by atoms with Crippen LogP contribution in [0, 0.1) is 13.8 Å². The first-order valence-corrected chi connectivity index (χ1v) is 7.41. The van der Waals surface area contributed by atoms with E-state index in [0.717, 1.165) is 16.7 Å². The van der Waals surface area contributed by atoms with Gasteiger partial charge in [-0.1, -0.05) is 26.8 Å². The van der Waals surface area contributed by atoms with Gasteiger partial charge in [0.15, 0.2) is 0 Å². The molecule has 0 aromatic heterocycles. The Morgan fingerprint density at radius 2 is 1.56 bits per heavy atom. The molecule has 0 aliphatic carbocycles. The Hall–Kier alpha value is -0.540. The fourth-order valence-corrected chi connectivity index (χ4v) is 3.12. The molecule has 0 saturated carbocycles. The number of rotatable bonds is 1. The van der Waals surface area contributed by atoms with Gasteiger partial charge < -0.3 is 0 Å². The van der Waals surface area contributed by atoms with Crippen LogP contribution in [-0.2, 0) is 14.5 Å². The highest BCUT2D eigenvalue weighted by molar-refractivity contribution is 8.13. The van der Waals surface area contributed by atoms with E-state index in [1.54, 1.807) is 13.0 Å². The molecule has 16 heavy (non-hydrogen) atoms. The van der Waals surface area contributed by atoms with E-state index in [1.807, 2.05) is 13.0 Å². The molecule has 0 aliphatic rings. The van der Waals surface area contributed by atoms with Crippen LogP contribution in [0.4, 0.5) is 0 Å². The zero-order chi connectivity index (χ0) is 12.7. The molecule has 4 heteroatoms. The van der Waals surface area contributed by atoms with Gasteiger partial charge >= 0.3 is 0 Å². The van der Waals surface area contributed by atoms with Crippen molar-refractivity contribution in [1.29, 1.82) is 0 Å².